The molecule has 0 amide bonds. The molecule has 0 aliphatic carbocycles. The summed E-state index contributed by atoms with van der Waals surface area (Å²) in [4.78, 5) is 0. The van der Waals surface area contributed by atoms with Crippen molar-refractivity contribution >= 4 is 7.85 Å². The fourth-order valence-corrected chi connectivity index (χ4v) is 1.42. The average Bonchev–Trinajstić information content (AvgIpc) is 2.65. The number of rotatable bonds is 7. The highest BCUT2D eigenvalue weighted by atomic mass is 15.4. The second kappa shape index (κ2) is 6.63. The molecule has 2 radical (unpaired) electrons. The maximum absolute atomic E-state index is 5.44. The highest BCUT2D eigenvalue weighted by Crippen LogP contribution is 2.03. The third-order valence-corrected chi connectivity index (χ3v) is 2.29. The Kier molecular flexibility index (Phi) is 5.34. The molecule has 0 bridgehead atoms. The van der Waals surface area contributed by atoms with Gasteiger partial charge in [-0.3, -0.25) is 4.68 Å². The molecule has 1 aromatic rings. The monoisotopic (exact) mass is 191 g/mol. The molecule has 0 aliphatic rings. The average molecular weight is 191 g/mol. The van der Waals surface area contributed by atoms with Gasteiger partial charge in [0.15, 0.2) is 0 Å². The van der Waals surface area contributed by atoms with Crippen LogP contribution in [0.25, 0.3) is 0 Å². The predicted molar refractivity (Wildman–Crippen MR) is 58.2 cm³/mol. The van der Waals surface area contributed by atoms with Gasteiger partial charge in [0.25, 0.3) is 0 Å². The highest BCUT2D eigenvalue weighted by Gasteiger charge is 1.97. The van der Waals surface area contributed by atoms with Gasteiger partial charge in [-0.2, -0.15) is 0 Å². The Morgan fingerprint density at radius 2 is 2.07 bits per heavy atom. The molecule has 0 spiro atoms. The van der Waals surface area contributed by atoms with Crippen LogP contribution in [0.4, 0.5) is 0 Å². The molecule has 0 atom stereocenters. The van der Waals surface area contributed by atoms with E-state index in [-0.39, 0.29) is 0 Å². The van der Waals surface area contributed by atoms with Crippen molar-refractivity contribution in [3.8, 4) is 0 Å². The number of unbranched alkanes of at least 4 members (excludes halogenated alkanes) is 4. The van der Waals surface area contributed by atoms with Crippen molar-refractivity contribution < 1.29 is 0 Å². The van der Waals surface area contributed by atoms with E-state index in [1.54, 1.807) is 0 Å². The van der Waals surface area contributed by atoms with E-state index in [9.17, 15) is 0 Å². The van der Waals surface area contributed by atoms with Crippen molar-refractivity contribution in [3.63, 3.8) is 0 Å². The Bertz CT molecular complexity index is 247. The largest absolute Gasteiger partial charge is 0.252 e. The van der Waals surface area contributed by atoms with Gasteiger partial charge in [0.1, 0.15) is 0 Å². The topological polar surface area (TPSA) is 30.7 Å². The molecule has 0 aliphatic heterocycles. The number of aromatic nitrogens is 3. The van der Waals surface area contributed by atoms with Gasteiger partial charge in [-0.15, -0.1) is 5.10 Å². The van der Waals surface area contributed by atoms with Crippen LogP contribution in [0, 0.1) is 0 Å². The van der Waals surface area contributed by atoms with Gasteiger partial charge < -0.3 is 0 Å². The quantitative estimate of drug-likeness (QED) is 0.486. The molecule has 0 saturated heterocycles. The van der Waals surface area contributed by atoms with E-state index in [4.69, 9.17) is 7.85 Å². The molecule has 3 nitrogen and oxygen atoms in total. The zero-order chi connectivity index (χ0) is 10.2. The lowest BCUT2D eigenvalue weighted by atomic mass is 10.0. The summed E-state index contributed by atoms with van der Waals surface area (Å²) in [5, 5.41) is 7.93. The lowest BCUT2D eigenvalue weighted by Gasteiger charge is -1.99. The van der Waals surface area contributed by atoms with Crippen LogP contribution in [-0.2, 0) is 12.9 Å². The Labute approximate surface area is 87.3 Å². The lowest BCUT2D eigenvalue weighted by Crippen LogP contribution is -1.98. The summed E-state index contributed by atoms with van der Waals surface area (Å²) in [5.74, 6) is 0. The first kappa shape index (κ1) is 11.3. The van der Waals surface area contributed by atoms with Crippen LogP contribution in [-0.4, -0.2) is 22.8 Å². The van der Waals surface area contributed by atoms with Crippen LogP contribution in [0.2, 0.25) is 0 Å². The van der Waals surface area contributed by atoms with E-state index in [1.165, 1.54) is 32.1 Å². The molecule has 0 unspecified atom stereocenters. The van der Waals surface area contributed by atoms with Gasteiger partial charge in [-0.25, -0.2) is 0 Å². The van der Waals surface area contributed by atoms with E-state index in [0.29, 0.717) is 6.32 Å². The molecular weight excluding hydrogens is 173 g/mol. The van der Waals surface area contributed by atoms with Crippen LogP contribution >= 0.6 is 0 Å². The van der Waals surface area contributed by atoms with Crippen LogP contribution in [0.15, 0.2) is 6.20 Å². The maximum Gasteiger partial charge on any atom is 0.0741 e. The second-order valence-corrected chi connectivity index (χ2v) is 3.59. The van der Waals surface area contributed by atoms with Crippen molar-refractivity contribution in [2.24, 2.45) is 0 Å². The second-order valence-electron chi connectivity index (χ2n) is 3.59. The van der Waals surface area contributed by atoms with E-state index in [2.05, 4.69) is 17.2 Å². The highest BCUT2D eigenvalue weighted by molar-refractivity contribution is 6.08. The summed E-state index contributed by atoms with van der Waals surface area (Å²) in [6, 6.07) is 0. The van der Waals surface area contributed by atoms with Crippen molar-refractivity contribution in [2.45, 2.75) is 51.9 Å². The zero-order valence-corrected chi connectivity index (χ0v) is 8.95. The summed E-state index contributed by atoms with van der Waals surface area (Å²) >= 11 is 0. The molecule has 1 heterocycles. The van der Waals surface area contributed by atoms with E-state index >= 15 is 0 Å². The first-order valence-corrected chi connectivity index (χ1v) is 5.46. The lowest BCUT2D eigenvalue weighted by molar-refractivity contribution is 0.521. The van der Waals surface area contributed by atoms with E-state index in [0.717, 1.165) is 12.2 Å². The summed E-state index contributed by atoms with van der Waals surface area (Å²) in [7, 11) is 5.44. The Balaban J connectivity index is 2.12. The van der Waals surface area contributed by atoms with Gasteiger partial charge in [0.2, 0.25) is 0 Å². The van der Waals surface area contributed by atoms with Crippen molar-refractivity contribution in [3.05, 3.63) is 11.9 Å². The first-order chi connectivity index (χ1) is 6.86. The molecular formula is C10H18BN3. The number of nitrogens with zero attached hydrogens (tertiary/aromatic N) is 3. The van der Waals surface area contributed by atoms with Gasteiger partial charge in [-0.1, -0.05) is 37.8 Å². The van der Waals surface area contributed by atoms with Gasteiger partial charge in [-0.05, 0) is 12.7 Å². The summed E-state index contributed by atoms with van der Waals surface area (Å²) in [6.45, 7) is 3.20. The minimum atomic E-state index is 0.482. The number of aryl methyl sites for hydroxylation is 1. The molecule has 76 valence electrons. The smallest absolute Gasteiger partial charge is 0.0741 e. The normalized spacial score (nSPS) is 10.6. The van der Waals surface area contributed by atoms with Gasteiger partial charge in [0.05, 0.1) is 13.5 Å². The first-order valence-electron chi connectivity index (χ1n) is 5.46. The van der Waals surface area contributed by atoms with Crippen molar-refractivity contribution in [1.29, 1.82) is 0 Å². The minimum Gasteiger partial charge on any atom is -0.252 e. The minimum absolute atomic E-state index is 0.482. The predicted octanol–water partition coefficient (Wildman–Crippen LogP) is 1.92. The van der Waals surface area contributed by atoms with Crippen LogP contribution < -0.4 is 0 Å². The van der Waals surface area contributed by atoms with Crippen molar-refractivity contribution in [2.75, 3.05) is 0 Å². The molecule has 0 saturated carbocycles. The molecule has 0 N–H and O–H groups in total. The third-order valence-electron chi connectivity index (χ3n) is 2.29. The summed E-state index contributed by atoms with van der Waals surface area (Å²) < 4.78 is 1.88. The Morgan fingerprint density at radius 3 is 2.71 bits per heavy atom. The number of hydrogen-bond donors (Lipinski definition) is 0. The van der Waals surface area contributed by atoms with Crippen LogP contribution in [0.1, 0.15) is 44.7 Å². The summed E-state index contributed by atoms with van der Waals surface area (Å²) in [5.41, 5.74) is 0.874. The van der Waals surface area contributed by atoms with Crippen LogP contribution in [0.3, 0.4) is 0 Å². The Hall–Kier alpha value is -0.795. The SMILES string of the molecule is [B]Cc1cn(CCCCCCC)nn1. The van der Waals surface area contributed by atoms with E-state index < -0.39 is 0 Å². The zero-order valence-electron chi connectivity index (χ0n) is 8.95. The maximum atomic E-state index is 5.44. The molecule has 14 heavy (non-hydrogen) atoms. The third kappa shape index (κ3) is 3.94. The molecule has 1 rings (SSSR count). The fraction of sp³-hybridized carbons (Fsp3) is 0.800. The number of hydrogen-bond acceptors (Lipinski definition) is 2. The fourth-order valence-electron chi connectivity index (χ4n) is 1.42. The van der Waals surface area contributed by atoms with Gasteiger partial charge >= 0.3 is 0 Å². The molecule has 4 heteroatoms. The Morgan fingerprint density at radius 1 is 1.29 bits per heavy atom. The van der Waals surface area contributed by atoms with Gasteiger partial charge in [0, 0.05) is 12.7 Å². The van der Waals surface area contributed by atoms with E-state index in [1.807, 2.05) is 10.9 Å². The summed E-state index contributed by atoms with van der Waals surface area (Å²) in [6.07, 6.45) is 8.84. The molecule has 0 aromatic carbocycles. The molecule has 1 aromatic heterocycles. The van der Waals surface area contributed by atoms with Crippen molar-refractivity contribution in [1.82, 2.24) is 15.0 Å². The molecule has 0 fully saturated rings. The standard InChI is InChI=1S/C10H18BN3/c1-2-3-4-5-6-7-14-9-10(8-11)12-13-14/h9H,2-8H2,1H3. The van der Waals surface area contributed by atoms with Crippen LogP contribution in [0.5, 0.6) is 0 Å².